The van der Waals surface area contributed by atoms with E-state index in [0.29, 0.717) is 5.92 Å². The molecule has 1 nitrogen and oxygen atoms in total. The molecule has 0 aromatic heterocycles. The summed E-state index contributed by atoms with van der Waals surface area (Å²) in [4.78, 5) is 0. The van der Waals surface area contributed by atoms with Crippen molar-refractivity contribution in [2.75, 3.05) is 0 Å². The summed E-state index contributed by atoms with van der Waals surface area (Å²) in [6.07, 6.45) is 7.12. The Morgan fingerprint density at radius 1 is 0.605 bits per heavy atom. The predicted octanol–water partition coefficient (Wildman–Crippen LogP) is 8.98. The molecular weight excluding hydrogens is 615 g/mol. The molecule has 9 rings (SSSR count). The van der Waals surface area contributed by atoms with Crippen molar-refractivity contribution >= 4 is 24.2 Å². The number of rotatable bonds is 3. The molecule has 0 aliphatic heterocycles. The number of hydrogen-bond acceptors (Lipinski definition) is 0. The number of nitrogens with one attached hydrogen (secondary N) is 1. The fraction of sp³-hybridized carbons (Fsp3) is 0.300. The maximum absolute atomic E-state index is 7.79. The minimum absolute atomic E-state index is 0. The Bertz CT molecular complexity index is 1370. The largest absolute Gasteiger partial charge is 0.0622 e. The van der Waals surface area contributed by atoms with Gasteiger partial charge in [-0.25, -0.2) is 5.57 Å². The second-order valence-electron chi connectivity index (χ2n) is 12.4. The third-order valence-corrected chi connectivity index (χ3v) is 12.5. The minimum Gasteiger partial charge on any atom is -0.0622 e. The Labute approximate surface area is 281 Å². The van der Waals surface area contributed by atoms with Gasteiger partial charge in [-0.05, 0) is 28.9 Å². The third-order valence-electron chi connectivity index (χ3n) is 9.44. The maximum atomic E-state index is 7.79. The molecule has 0 heterocycles. The van der Waals surface area contributed by atoms with E-state index in [2.05, 4.69) is 143 Å². The molecule has 3 heteroatoms. The van der Waals surface area contributed by atoms with Crippen molar-refractivity contribution in [1.82, 2.24) is 0 Å². The Morgan fingerprint density at radius 3 is 1.19 bits per heavy atom. The van der Waals surface area contributed by atoms with Gasteiger partial charge in [-0.1, -0.05) is 107 Å². The topological polar surface area (TPSA) is 23.8 Å². The first-order chi connectivity index (χ1) is 20.3. The molecule has 4 aromatic carbocycles. The van der Waals surface area contributed by atoms with Crippen LogP contribution in [0.15, 0.2) is 138 Å². The van der Waals surface area contributed by atoms with E-state index in [4.69, 9.17) is 5.73 Å². The van der Waals surface area contributed by atoms with Crippen LogP contribution in [0.2, 0.25) is 0 Å². The molecule has 1 unspecified atom stereocenters. The van der Waals surface area contributed by atoms with E-state index >= 15 is 0 Å². The fourth-order valence-corrected chi connectivity index (χ4v) is 9.30. The van der Waals surface area contributed by atoms with Gasteiger partial charge in [-0.15, -0.1) is 12.5 Å². The maximum Gasteiger partial charge on any atom is -0.0184 e. The molecule has 4 aromatic rings. The average Bonchev–Trinajstić information content (AvgIpc) is 3.39. The summed E-state index contributed by atoms with van der Waals surface area (Å²) >= 11 is -0.392. The zero-order valence-corrected chi connectivity index (χ0v) is 30.0. The average molecular weight is 659 g/mol. The zero-order valence-electron chi connectivity index (χ0n) is 26.1. The van der Waals surface area contributed by atoms with E-state index in [1.807, 2.05) is 12.1 Å². The summed E-state index contributed by atoms with van der Waals surface area (Å²) in [5.74, 6) is 3.66. The van der Waals surface area contributed by atoms with Crippen LogP contribution in [0, 0.1) is 29.7 Å². The second-order valence-corrected chi connectivity index (χ2v) is 15.8. The molecule has 0 amide bonds. The zero-order chi connectivity index (χ0) is 29.5. The molecular formula is C40H44GeNTi. The van der Waals surface area contributed by atoms with E-state index in [1.165, 1.54) is 55.9 Å². The van der Waals surface area contributed by atoms with Crippen LogP contribution in [0.4, 0.5) is 0 Å². The van der Waals surface area contributed by atoms with Gasteiger partial charge < -0.3 is 5.73 Å². The van der Waals surface area contributed by atoms with Gasteiger partial charge in [-0.2, -0.15) is 11.1 Å². The first kappa shape index (κ1) is 33.5. The predicted molar refractivity (Wildman–Crippen MR) is 183 cm³/mol. The van der Waals surface area contributed by atoms with Crippen molar-refractivity contribution in [2.24, 2.45) is 23.7 Å². The quantitative estimate of drug-likeness (QED) is 0.155. The summed E-state index contributed by atoms with van der Waals surface area (Å²) < 4.78 is 3.05. The molecule has 1 radical (unpaired) electrons. The van der Waals surface area contributed by atoms with Gasteiger partial charge >= 0.3 is 107 Å². The molecule has 5 aliphatic rings. The first-order valence-electron chi connectivity index (χ1n) is 15.4. The van der Waals surface area contributed by atoms with Crippen molar-refractivity contribution in [2.45, 2.75) is 52.5 Å². The Kier molecular flexibility index (Phi) is 12.1. The Morgan fingerprint density at radius 2 is 0.953 bits per heavy atom. The van der Waals surface area contributed by atoms with Crippen molar-refractivity contribution < 1.29 is 21.7 Å². The van der Waals surface area contributed by atoms with E-state index in [0.717, 1.165) is 17.8 Å². The second kappa shape index (κ2) is 15.5. The normalized spacial score (nSPS) is 25.1. The molecule has 0 spiro atoms. The summed E-state index contributed by atoms with van der Waals surface area (Å²) in [5, 5.41) is 0. The van der Waals surface area contributed by atoms with Gasteiger partial charge in [0.2, 0.25) is 0 Å². The molecule has 4 saturated carbocycles. The van der Waals surface area contributed by atoms with Crippen LogP contribution in [0.5, 0.6) is 0 Å². The molecule has 1 atom stereocenters. The van der Waals surface area contributed by atoms with Crippen LogP contribution in [0.3, 0.4) is 0 Å². The SMILES string of the molecule is CC1=[C-]C(C)C(C)=C1C.[NH-]C12CC3C(C1)C3C2.[Ti+2].c1cc[c]([GeH][c]2ccccc2)cc1.c1ccc(-c2ccccc2)cc1. The smallest absolute Gasteiger partial charge is 0.0184 e. The standard InChI is InChI=1S/C12H11Ge.C12H10.C9H13.C7H10N.Ti/c1-3-7-11(8-4-1)13-12-9-5-2-6-10-12;1-3-7-11(8-4-1)12-9-5-2-6-10-12;1-6-5-7(2)9(4)8(6)3;8-7-1-4-5(2-7)6(4)3-7;/h1-10,13H;1-10H;6H,1-4H3;4-6,8H,1-3H2;/q;;2*-1;+2. The first-order valence-corrected chi connectivity index (χ1v) is 17.8. The van der Waals surface area contributed by atoms with Crippen LogP contribution < -0.4 is 8.79 Å². The van der Waals surface area contributed by atoms with E-state index in [9.17, 15) is 0 Å². The third kappa shape index (κ3) is 9.05. The summed E-state index contributed by atoms with van der Waals surface area (Å²) in [6, 6.07) is 42.3. The molecule has 4 fully saturated rings. The van der Waals surface area contributed by atoms with Crippen molar-refractivity contribution in [3.05, 3.63) is 150 Å². The summed E-state index contributed by atoms with van der Waals surface area (Å²) in [5.41, 5.74) is 14.7. The van der Waals surface area contributed by atoms with Crippen LogP contribution in [0.25, 0.3) is 16.9 Å². The monoisotopic (exact) mass is 660 g/mol. The van der Waals surface area contributed by atoms with Gasteiger partial charge in [0.25, 0.3) is 0 Å². The summed E-state index contributed by atoms with van der Waals surface area (Å²) in [7, 11) is 0. The Hall–Kier alpha value is -2.42. The van der Waals surface area contributed by atoms with E-state index in [1.54, 1.807) is 0 Å². The van der Waals surface area contributed by atoms with Crippen LogP contribution >= 0.6 is 0 Å². The molecule has 5 aliphatic carbocycles. The number of allylic oxidation sites excluding steroid dienone is 4. The molecule has 43 heavy (non-hydrogen) atoms. The minimum atomic E-state index is -0.392. The molecule has 0 saturated heterocycles. The van der Waals surface area contributed by atoms with Crippen LogP contribution in [-0.4, -0.2) is 21.0 Å². The fourth-order valence-electron chi connectivity index (χ4n) is 6.75. The van der Waals surface area contributed by atoms with Gasteiger partial charge in [0.1, 0.15) is 0 Å². The Balaban J connectivity index is 0.000000132. The molecule has 217 valence electrons. The van der Waals surface area contributed by atoms with Gasteiger partial charge in [0.15, 0.2) is 0 Å². The van der Waals surface area contributed by atoms with Crippen molar-refractivity contribution in [1.29, 1.82) is 0 Å². The van der Waals surface area contributed by atoms with Gasteiger partial charge in [0, 0.05) is 0 Å². The number of hydrogen-bond donors (Lipinski definition) is 0. The van der Waals surface area contributed by atoms with E-state index in [-0.39, 0.29) is 27.3 Å². The van der Waals surface area contributed by atoms with Crippen molar-refractivity contribution in [3.63, 3.8) is 0 Å². The van der Waals surface area contributed by atoms with Gasteiger partial charge in [-0.3, -0.25) is 6.08 Å². The van der Waals surface area contributed by atoms with E-state index < -0.39 is 15.4 Å². The molecule has 4 bridgehead atoms. The van der Waals surface area contributed by atoms with Crippen molar-refractivity contribution in [3.8, 4) is 11.1 Å². The number of benzene rings is 4. The summed E-state index contributed by atoms with van der Waals surface area (Å²) in [6.45, 7) is 8.67. The van der Waals surface area contributed by atoms with Gasteiger partial charge in [0.05, 0.1) is 0 Å². The van der Waals surface area contributed by atoms with Crippen LogP contribution in [-0.2, 0) is 21.7 Å². The molecule has 1 N–H and O–H groups in total. The van der Waals surface area contributed by atoms with Crippen LogP contribution in [0.1, 0.15) is 47.0 Å².